The van der Waals surface area contributed by atoms with Crippen molar-refractivity contribution in [2.45, 2.75) is 38.4 Å². The minimum Gasteiger partial charge on any atom is -0.194 e. The van der Waals surface area contributed by atoms with Gasteiger partial charge in [0.15, 0.2) is 0 Å². The van der Waals surface area contributed by atoms with Crippen LogP contribution in [0, 0.1) is 0 Å². The topological polar surface area (TPSA) is 34.1 Å². The standard InChI is InChI=1S/C12H17FO2S/c1-9(16(13,14)15)10-5-7-11(8-6-10)12(2,3)4/h5-9H,1-4H3. The van der Waals surface area contributed by atoms with Crippen molar-refractivity contribution in [3.8, 4) is 0 Å². The molecule has 1 atom stereocenters. The van der Waals surface area contributed by atoms with Gasteiger partial charge in [0.1, 0.15) is 5.25 Å². The Kier molecular flexibility index (Phi) is 3.43. The molecular weight excluding hydrogens is 227 g/mol. The second kappa shape index (κ2) is 4.17. The van der Waals surface area contributed by atoms with Gasteiger partial charge >= 0.3 is 10.2 Å². The highest BCUT2D eigenvalue weighted by molar-refractivity contribution is 7.86. The third-order valence-electron chi connectivity index (χ3n) is 2.67. The molecule has 1 aromatic carbocycles. The monoisotopic (exact) mass is 244 g/mol. The molecule has 4 heteroatoms. The first-order valence-corrected chi connectivity index (χ1v) is 6.61. The molecule has 1 aromatic rings. The van der Waals surface area contributed by atoms with Crippen molar-refractivity contribution in [1.29, 1.82) is 0 Å². The molecule has 0 saturated carbocycles. The van der Waals surface area contributed by atoms with Crippen LogP contribution < -0.4 is 0 Å². The third-order valence-corrected chi connectivity index (χ3v) is 3.79. The minimum absolute atomic E-state index is 0.0103. The Bertz CT molecular complexity index is 455. The molecule has 0 radical (unpaired) electrons. The number of hydrogen-bond acceptors (Lipinski definition) is 2. The van der Waals surface area contributed by atoms with Gasteiger partial charge in [-0.05, 0) is 23.5 Å². The Hall–Kier alpha value is -0.900. The lowest BCUT2D eigenvalue weighted by atomic mass is 9.86. The zero-order valence-corrected chi connectivity index (χ0v) is 10.8. The van der Waals surface area contributed by atoms with Crippen LogP contribution in [0.2, 0.25) is 0 Å². The smallest absolute Gasteiger partial charge is 0.194 e. The fourth-order valence-corrected chi connectivity index (χ4v) is 1.90. The van der Waals surface area contributed by atoms with Gasteiger partial charge in [-0.15, -0.1) is 3.89 Å². The molecule has 0 N–H and O–H groups in total. The predicted octanol–water partition coefficient (Wildman–Crippen LogP) is 3.34. The Labute approximate surface area is 96.7 Å². The van der Waals surface area contributed by atoms with E-state index < -0.39 is 15.5 Å². The van der Waals surface area contributed by atoms with E-state index in [2.05, 4.69) is 20.8 Å². The van der Waals surface area contributed by atoms with Crippen LogP contribution in [0.25, 0.3) is 0 Å². The van der Waals surface area contributed by atoms with Crippen LogP contribution in [0.3, 0.4) is 0 Å². The van der Waals surface area contributed by atoms with Crippen LogP contribution in [-0.2, 0) is 15.6 Å². The maximum atomic E-state index is 12.8. The fourth-order valence-electron chi connectivity index (χ4n) is 1.42. The number of rotatable bonds is 2. The Morgan fingerprint density at radius 1 is 1.12 bits per heavy atom. The summed E-state index contributed by atoms with van der Waals surface area (Å²) < 4.78 is 34.3. The first-order valence-electron chi connectivity index (χ1n) is 5.16. The average Bonchev–Trinajstić information content (AvgIpc) is 2.14. The second-order valence-electron chi connectivity index (χ2n) is 4.99. The van der Waals surface area contributed by atoms with E-state index >= 15 is 0 Å². The van der Waals surface area contributed by atoms with Crippen LogP contribution >= 0.6 is 0 Å². The lowest BCUT2D eigenvalue weighted by Crippen LogP contribution is -2.11. The van der Waals surface area contributed by atoms with E-state index in [-0.39, 0.29) is 5.41 Å². The van der Waals surface area contributed by atoms with E-state index in [9.17, 15) is 12.3 Å². The van der Waals surface area contributed by atoms with Crippen molar-refractivity contribution in [1.82, 2.24) is 0 Å². The Morgan fingerprint density at radius 2 is 1.56 bits per heavy atom. The molecule has 0 aliphatic heterocycles. The lowest BCUT2D eigenvalue weighted by molar-refractivity contribution is 0.540. The highest BCUT2D eigenvalue weighted by Gasteiger charge is 2.22. The van der Waals surface area contributed by atoms with Gasteiger partial charge in [0.05, 0.1) is 0 Å². The molecule has 1 rings (SSSR count). The summed E-state index contributed by atoms with van der Waals surface area (Å²) in [4.78, 5) is 0. The van der Waals surface area contributed by atoms with E-state index in [1.54, 1.807) is 12.1 Å². The number of halogens is 1. The first-order chi connectivity index (χ1) is 7.12. The highest BCUT2D eigenvalue weighted by Crippen LogP contribution is 2.27. The van der Waals surface area contributed by atoms with Gasteiger partial charge in [0, 0.05) is 0 Å². The quantitative estimate of drug-likeness (QED) is 0.748. The molecule has 0 heterocycles. The van der Waals surface area contributed by atoms with E-state index in [4.69, 9.17) is 0 Å². The van der Waals surface area contributed by atoms with Crippen LogP contribution in [0.5, 0.6) is 0 Å². The Morgan fingerprint density at radius 3 is 1.88 bits per heavy atom. The minimum atomic E-state index is -4.50. The number of hydrogen-bond donors (Lipinski definition) is 0. The molecule has 16 heavy (non-hydrogen) atoms. The van der Waals surface area contributed by atoms with Gasteiger partial charge in [-0.2, -0.15) is 8.42 Å². The summed E-state index contributed by atoms with van der Waals surface area (Å²) in [5.41, 5.74) is 1.59. The molecule has 90 valence electrons. The van der Waals surface area contributed by atoms with E-state index in [0.29, 0.717) is 5.56 Å². The molecular formula is C12H17FO2S. The summed E-state index contributed by atoms with van der Waals surface area (Å²) in [5.74, 6) is 0. The van der Waals surface area contributed by atoms with Crippen LogP contribution in [-0.4, -0.2) is 8.42 Å². The summed E-state index contributed by atoms with van der Waals surface area (Å²) in [7, 11) is -4.50. The molecule has 0 amide bonds. The van der Waals surface area contributed by atoms with E-state index in [0.717, 1.165) is 5.56 Å². The largest absolute Gasteiger partial charge is 0.309 e. The second-order valence-corrected chi connectivity index (χ2v) is 6.65. The zero-order chi connectivity index (χ0) is 12.6. The molecule has 0 saturated heterocycles. The zero-order valence-electron chi connectivity index (χ0n) is 9.99. The van der Waals surface area contributed by atoms with Gasteiger partial charge in [-0.3, -0.25) is 0 Å². The predicted molar refractivity (Wildman–Crippen MR) is 63.6 cm³/mol. The van der Waals surface area contributed by atoms with E-state index in [1.807, 2.05) is 12.1 Å². The van der Waals surface area contributed by atoms with Crippen molar-refractivity contribution >= 4 is 10.2 Å². The molecule has 0 aliphatic rings. The van der Waals surface area contributed by atoms with Crippen LogP contribution in [0.15, 0.2) is 24.3 Å². The summed E-state index contributed by atoms with van der Waals surface area (Å²) in [5, 5.41) is -1.10. The van der Waals surface area contributed by atoms with Gasteiger partial charge in [-0.1, -0.05) is 45.0 Å². The summed E-state index contributed by atoms with van der Waals surface area (Å²) in [6.45, 7) is 7.55. The fraction of sp³-hybridized carbons (Fsp3) is 0.500. The molecule has 0 bridgehead atoms. The maximum absolute atomic E-state index is 12.8. The molecule has 2 nitrogen and oxygen atoms in total. The molecule has 0 aliphatic carbocycles. The van der Waals surface area contributed by atoms with Crippen molar-refractivity contribution < 1.29 is 12.3 Å². The summed E-state index contributed by atoms with van der Waals surface area (Å²) >= 11 is 0. The lowest BCUT2D eigenvalue weighted by Gasteiger charge is -2.19. The van der Waals surface area contributed by atoms with Gasteiger partial charge < -0.3 is 0 Å². The van der Waals surface area contributed by atoms with Crippen molar-refractivity contribution in [3.63, 3.8) is 0 Å². The highest BCUT2D eigenvalue weighted by atomic mass is 32.3. The average molecular weight is 244 g/mol. The normalized spacial score (nSPS) is 14.8. The molecule has 1 unspecified atom stereocenters. The van der Waals surface area contributed by atoms with Crippen molar-refractivity contribution in [2.24, 2.45) is 0 Å². The van der Waals surface area contributed by atoms with Crippen molar-refractivity contribution in [3.05, 3.63) is 35.4 Å². The van der Waals surface area contributed by atoms with Crippen LogP contribution in [0.4, 0.5) is 3.89 Å². The molecule has 0 fully saturated rings. The van der Waals surface area contributed by atoms with Crippen molar-refractivity contribution in [2.75, 3.05) is 0 Å². The van der Waals surface area contributed by atoms with Gasteiger partial charge in [0.2, 0.25) is 0 Å². The van der Waals surface area contributed by atoms with Crippen LogP contribution in [0.1, 0.15) is 44.1 Å². The van der Waals surface area contributed by atoms with Gasteiger partial charge in [0.25, 0.3) is 0 Å². The molecule has 0 aromatic heterocycles. The SMILES string of the molecule is CC(c1ccc(C(C)(C)C)cc1)S(=O)(=O)F. The number of benzene rings is 1. The summed E-state index contributed by atoms with van der Waals surface area (Å²) in [6, 6.07) is 7.03. The Balaban J connectivity index is 3.05. The van der Waals surface area contributed by atoms with Gasteiger partial charge in [-0.25, -0.2) is 0 Å². The molecule has 0 spiro atoms. The maximum Gasteiger partial charge on any atom is 0.309 e. The van der Waals surface area contributed by atoms with E-state index in [1.165, 1.54) is 6.92 Å². The summed E-state index contributed by atoms with van der Waals surface area (Å²) in [6.07, 6.45) is 0. The first kappa shape index (κ1) is 13.2. The third kappa shape index (κ3) is 3.04.